The van der Waals surface area contributed by atoms with E-state index in [9.17, 15) is 5.11 Å². The van der Waals surface area contributed by atoms with Gasteiger partial charge in [0.2, 0.25) is 0 Å². The number of benzene rings is 1. The number of aliphatic hydroxyl groups is 1. The molecule has 0 aliphatic heterocycles. The van der Waals surface area contributed by atoms with Gasteiger partial charge in [-0.15, -0.1) is 0 Å². The van der Waals surface area contributed by atoms with E-state index in [4.69, 9.17) is 0 Å². The van der Waals surface area contributed by atoms with E-state index in [2.05, 4.69) is 35.4 Å². The molecule has 2 N–H and O–H groups in total. The summed E-state index contributed by atoms with van der Waals surface area (Å²) in [7, 11) is 0. The molecule has 2 aromatic rings. The second-order valence-corrected chi connectivity index (χ2v) is 5.82. The predicted octanol–water partition coefficient (Wildman–Crippen LogP) is 3.51. The maximum absolute atomic E-state index is 10.3. The third kappa shape index (κ3) is 2.63. The molecule has 1 fully saturated rings. The fourth-order valence-corrected chi connectivity index (χ4v) is 3.20. The first-order valence-corrected chi connectivity index (χ1v) is 7.52. The van der Waals surface area contributed by atoms with Gasteiger partial charge in [0.25, 0.3) is 0 Å². The van der Waals surface area contributed by atoms with Crippen molar-refractivity contribution in [2.24, 2.45) is 5.92 Å². The molecule has 1 aliphatic carbocycles. The fourth-order valence-electron chi connectivity index (χ4n) is 3.20. The first-order valence-electron chi connectivity index (χ1n) is 7.52. The minimum Gasteiger partial charge on any atom is -0.391 e. The van der Waals surface area contributed by atoms with Gasteiger partial charge in [0.1, 0.15) is 0 Å². The van der Waals surface area contributed by atoms with Crippen molar-refractivity contribution in [2.75, 3.05) is 11.9 Å². The van der Waals surface area contributed by atoms with Gasteiger partial charge < -0.3 is 10.4 Å². The molecule has 1 unspecified atom stereocenters. The van der Waals surface area contributed by atoms with Crippen molar-refractivity contribution < 1.29 is 5.11 Å². The summed E-state index contributed by atoms with van der Waals surface area (Å²) < 4.78 is 0. The SMILES string of the molecule is Cc1cccc2c(NCC(O)C3CCCC3)ccnc12. The normalized spacial score (nSPS) is 17.5. The van der Waals surface area contributed by atoms with Crippen molar-refractivity contribution in [1.82, 2.24) is 4.98 Å². The lowest BCUT2D eigenvalue weighted by Gasteiger charge is -2.19. The maximum atomic E-state index is 10.3. The zero-order valence-electron chi connectivity index (χ0n) is 12.0. The van der Waals surface area contributed by atoms with E-state index in [0.29, 0.717) is 12.5 Å². The number of aromatic nitrogens is 1. The maximum Gasteiger partial charge on any atom is 0.0751 e. The zero-order chi connectivity index (χ0) is 13.9. The summed E-state index contributed by atoms with van der Waals surface area (Å²) >= 11 is 0. The average Bonchev–Trinajstić information content (AvgIpc) is 2.99. The Morgan fingerprint density at radius 1 is 1.30 bits per heavy atom. The van der Waals surface area contributed by atoms with Gasteiger partial charge in [-0.1, -0.05) is 31.0 Å². The standard InChI is InChI=1S/C17H22N2O/c1-12-5-4-8-14-15(9-10-18-17(12)14)19-11-16(20)13-6-2-3-7-13/h4-5,8-10,13,16,20H,2-3,6-7,11H2,1H3,(H,18,19). The molecule has 1 saturated carbocycles. The van der Waals surface area contributed by atoms with Gasteiger partial charge in [0, 0.05) is 23.8 Å². The van der Waals surface area contributed by atoms with Crippen LogP contribution in [0.2, 0.25) is 0 Å². The van der Waals surface area contributed by atoms with Gasteiger partial charge in [-0.05, 0) is 37.3 Å². The molecule has 1 atom stereocenters. The molecule has 20 heavy (non-hydrogen) atoms. The third-order valence-corrected chi connectivity index (χ3v) is 4.42. The van der Waals surface area contributed by atoms with Gasteiger partial charge in [0.05, 0.1) is 11.6 Å². The monoisotopic (exact) mass is 270 g/mol. The number of aryl methyl sites for hydroxylation is 1. The molecule has 0 spiro atoms. The molecule has 0 amide bonds. The van der Waals surface area contributed by atoms with Gasteiger partial charge >= 0.3 is 0 Å². The summed E-state index contributed by atoms with van der Waals surface area (Å²) in [6.45, 7) is 2.70. The Balaban J connectivity index is 1.75. The molecule has 0 bridgehead atoms. The Morgan fingerprint density at radius 2 is 2.10 bits per heavy atom. The molecule has 1 aromatic carbocycles. The lowest BCUT2D eigenvalue weighted by molar-refractivity contribution is 0.123. The van der Waals surface area contributed by atoms with E-state index in [-0.39, 0.29) is 6.10 Å². The Kier molecular flexibility index (Phi) is 3.88. The highest BCUT2D eigenvalue weighted by molar-refractivity contribution is 5.92. The van der Waals surface area contributed by atoms with Crippen molar-refractivity contribution >= 4 is 16.6 Å². The second-order valence-electron chi connectivity index (χ2n) is 5.82. The van der Waals surface area contributed by atoms with Crippen LogP contribution in [0.5, 0.6) is 0 Å². The number of nitrogens with zero attached hydrogens (tertiary/aromatic N) is 1. The minimum atomic E-state index is -0.245. The number of pyridine rings is 1. The van der Waals surface area contributed by atoms with Crippen LogP contribution in [-0.2, 0) is 0 Å². The quantitative estimate of drug-likeness (QED) is 0.893. The number of fused-ring (bicyclic) bond motifs is 1. The molecule has 3 rings (SSSR count). The first kappa shape index (κ1) is 13.4. The highest BCUT2D eigenvalue weighted by Gasteiger charge is 2.22. The van der Waals surface area contributed by atoms with Crippen molar-refractivity contribution in [1.29, 1.82) is 0 Å². The van der Waals surface area contributed by atoms with Crippen LogP contribution < -0.4 is 5.32 Å². The van der Waals surface area contributed by atoms with Crippen LogP contribution in [-0.4, -0.2) is 22.7 Å². The highest BCUT2D eigenvalue weighted by Crippen LogP contribution is 2.28. The molecule has 0 saturated heterocycles. The first-order chi connectivity index (χ1) is 9.75. The molecular formula is C17H22N2O. The van der Waals surface area contributed by atoms with Crippen LogP contribution in [0.4, 0.5) is 5.69 Å². The number of anilines is 1. The number of aliphatic hydroxyl groups excluding tert-OH is 1. The summed E-state index contributed by atoms with van der Waals surface area (Å²) in [5, 5.41) is 14.8. The fraction of sp³-hybridized carbons (Fsp3) is 0.471. The van der Waals surface area contributed by atoms with Crippen molar-refractivity contribution in [2.45, 2.75) is 38.7 Å². The van der Waals surface area contributed by atoms with Crippen molar-refractivity contribution in [3.8, 4) is 0 Å². The van der Waals surface area contributed by atoms with Crippen molar-refractivity contribution in [3.63, 3.8) is 0 Å². The van der Waals surface area contributed by atoms with Crippen LogP contribution in [0.15, 0.2) is 30.5 Å². The van der Waals surface area contributed by atoms with Crippen LogP contribution >= 0.6 is 0 Å². The van der Waals surface area contributed by atoms with Crippen LogP contribution in [0.1, 0.15) is 31.2 Å². The number of nitrogens with one attached hydrogen (secondary N) is 1. The summed E-state index contributed by atoms with van der Waals surface area (Å²) in [6, 6.07) is 8.20. The topological polar surface area (TPSA) is 45.1 Å². The Morgan fingerprint density at radius 3 is 2.90 bits per heavy atom. The van der Waals surface area contributed by atoms with E-state index in [0.717, 1.165) is 16.6 Å². The number of hydrogen-bond donors (Lipinski definition) is 2. The minimum absolute atomic E-state index is 0.245. The van der Waals surface area contributed by atoms with E-state index in [1.165, 1.54) is 31.2 Å². The predicted molar refractivity (Wildman–Crippen MR) is 82.9 cm³/mol. The Bertz CT molecular complexity index is 591. The molecule has 0 radical (unpaired) electrons. The molecule has 1 heterocycles. The highest BCUT2D eigenvalue weighted by atomic mass is 16.3. The van der Waals surface area contributed by atoms with Crippen molar-refractivity contribution in [3.05, 3.63) is 36.0 Å². The molecule has 1 aromatic heterocycles. The lowest BCUT2D eigenvalue weighted by Crippen LogP contribution is -2.26. The zero-order valence-corrected chi connectivity index (χ0v) is 12.0. The largest absolute Gasteiger partial charge is 0.391 e. The summed E-state index contributed by atoms with van der Waals surface area (Å²) in [5.41, 5.74) is 3.28. The van der Waals surface area contributed by atoms with E-state index in [1.54, 1.807) is 0 Å². The number of rotatable bonds is 4. The summed E-state index contributed by atoms with van der Waals surface area (Å²) in [4.78, 5) is 4.44. The van der Waals surface area contributed by atoms with Crippen LogP contribution in [0.25, 0.3) is 10.9 Å². The van der Waals surface area contributed by atoms with E-state index >= 15 is 0 Å². The molecular weight excluding hydrogens is 248 g/mol. The summed E-state index contributed by atoms with van der Waals surface area (Å²) in [5.74, 6) is 0.470. The molecule has 1 aliphatic rings. The number of hydrogen-bond acceptors (Lipinski definition) is 3. The number of para-hydroxylation sites is 1. The van der Waals surface area contributed by atoms with Gasteiger partial charge in [-0.25, -0.2) is 0 Å². The van der Waals surface area contributed by atoms with E-state index in [1.807, 2.05) is 12.3 Å². The molecule has 106 valence electrons. The average molecular weight is 270 g/mol. The smallest absolute Gasteiger partial charge is 0.0751 e. The lowest BCUT2D eigenvalue weighted by atomic mass is 10.0. The molecule has 3 nitrogen and oxygen atoms in total. The second kappa shape index (κ2) is 5.80. The van der Waals surface area contributed by atoms with Gasteiger partial charge in [-0.3, -0.25) is 4.98 Å². The van der Waals surface area contributed by atoms with Crippen LogP contribution in [0, 0.1) is 12.8 Å². The van der Waals surface area contributed by atoms with Gasteiger partial charge in [-0.2, -0.15) is 0 Å². The third-order valence-electron chi connectivity index (χ3n) is 4.42. The van der Waals surface area contributed by atoms with E-state index < -0.39 is 0 Å². The Hall–Kier alpha value is -1.61. The van der Waals surface area contributed by atoms with Gasteiger partial charge in [0.15, 0.2) is 0 Å². The molecule has 3 heteroatoms. The van der Waals surface area contributed by atoms with Crippen LogP contribution in [0.3, 0.4) is 0 Å². The Labute approximate surface area is 120 Å². The summed E-state index contributed by atoms with van der Waals surface area (Å²) in [6.07, 6.45) is 6.45.